The third-order valence-electron chi connectivity index (χ3n) is 4.39. The summed E-state index contributed by atoms with van der Waals surface area (Å²) < 4.78 is 30.5. The van der Waals surface area contributed by atoms with Gasteiger partial charge < -0.3 is 19.5 Å². The number of aromatic nitrogens is 3. The van der Waals surface area contributed by atoms with Gasteiger partial charge in [-0.3, -0.25) is 9.69 Å². The smallest absolute Gasteiger partial charge is 0.230 e. The van der Waals surface area contributed by atoms with Crippen molar-refractivity contribution in [2.45, 2.75) is 39.0 Å². The first-order chi connectivity index (χ1) is 13.9. The molecule has 2 aromatic rings. The molecule has 0 aromatic carbocycles. The van der Waals surface area contributed by atoms with Crippen LogP contribution in [0.15, 0.2) is 12.4 Å². The third kappa shape index (κ3) is 6.05. The van der Waals surface area contributed by atoms with Gasteiger partial charge in [-0.2, -0.15) is 9.37 Å². The number of carbonyl (C=O) groups excluding carboxylic acids is 1. The van der Waals surface area contributed by atoms with Gasteiger partial charge in [0.1, 0.15) is 19.0 Å². The minimum absolute atomic E-state index is 0.0856. The van der Waals surface area contributed by atoms with Crippen LogP contribution in [0.5, 0.6) is 11.8 Å². The maximum Gasteiger partial charge on any atom is 0.230 e. The fraction of sp³-hybridized carbons (Fsp3) is 0.556. The minimum atomic E-state index is -0.552. The van der Waals surface area contributed by atoms with Gasteiger partial charge in [0, 0.05) is 39.6 Å². The quantitative estimate of drug-likeness (QED) is 0.610. The predicted molar refractivity (Wildman–Crippen MR) is 105 cm³/mol. The fourth-order valence-corrected chi connectivity index (χ4v) is 3.95. The van der Waals surface area contributed by atoms with Crippen LogP contribution in [0, 0.1) is 5.95 Å². The van der Waals surface area contributed by atoms with Crippen molar-refractivity contribution < 1.29 is 23.4 Å². The van der Waals surface area contributed by atoms with Crippen molar-refractivity contribution in [1.82, 2.24) is 19.9 Å². The standard InChI is InChI=1S/C18H24FN5O4S/c1-11-6-13(28-16-7-15(20-10-21-16)27-5-4-26-3)8-24(11)9-14-17(19)23-18(29-14)22-12(2)25/h7,10-11,13H,4-6,8-9H2,1-3H3,(H,22,23,25)/t11-,13?/m0/s1. The van der Waals surface area contributed by atoms with Gasteiger partial charge in [0.2, 0.25) is 23.6 Å². The molecule has 1 aliphatic heterocycles. The Hall–Kier alpha value is -2.37. The summed E-state index contributed by atoms with van der Waals surface area (Å²) in [6.45, 7) is 5.31. The third-order valence-corrected chi connectivity index (χ3v) is 5.32. The van der Waals surface area contributed by atoms with Crippen LogP contribution in [-0.2, 0) is 16.1 Å². The molecule has 1 saturated heterocycles. The molecular weight excluding hydrogens is 401 g/mol. The molecule has 11 heteroatoms. The van der Waals surface area contributed by atoms with Crippen molar-refractivity contribution in [2.75, 3.05) is 32.2 Å². The Balaban J connectivity index is 1.56. The van der Waals surface area contributed by atoms with E-state index in [1.807, 2.05) is 0 Å². The highest BCUT2D eigenvalue weighted by Gasteiger charge is 2.32. The number of halogens is 1. The summed E-state index contributed by atoms with van der Waals surface area (Å²) in [6.07, 6.45) is 2.09. The van der Waals surface area contributed by atoms with E-state index in [-0.39, 0.29) is 23.2 Å². The van der Waals surface area contributed by atoms with E-state index in [0.29, 0.717) is 42.9 Å². The lowest BCUT2D eigenvalue weighted by molar-refractivity contribution is -0.114. The molecule has 0 aliphatic carbocycles. The maximum atomic E-state index is 14.1. The fourth-order valence-electron chi connectivity index (χ4n) is 3.04. The van der Waals surface area contributed by atoms with Crippen LogP contribution in [0.3, 0.4) is 0 Å². The molecule has 0 radical (unpaired) electrons. The second kappa shape index (κ2) is 9.90. The number of carbonyl (C=O) groups is 1. The maximum absolute atomic E-state index is 14.1. The highest BCUT2D eigenvalue weighted by Crippen LogP contribution is 2.28. The van der Waals surface area contributed by atoms with Crippen LogP contribution in [-0.4, -0.2) is 64.8 Å². The molecule has 0 spiro atoms. The summed E-state index contributed by atoms with van der Waals surface area (Å²) in [5.41, 5.74) is 0. The van der Waals surface area contributed by atoms with Crippen LogP contribution >= 0.6 is 11.3 Å². The summed E-state index contributed by atoms with van der Waals surface area (Å²) in [7, 11) is 1.60. The SMILES string of the molecule is COCCOc1cc(OC2C[C@H](C)N(Cc3sc(NC(C)=O)nc3F)C2)ncn1. The van der Waals surface area contributed by atoms with Gasteiger partial charge in [0.15, 0.2) is 5.13 Å². The summed E-state index contributed by atoms with van der Waals surface area (Å²) in [5.74, 6) is 0.0308. The molecule has 1 amide bonds. The first-order valence-electron chi connectivity index (χ1n) is 9.22. The van der Waals surface area contributed by atoms with Crippen molar-refractivity contribution >= 4 is 22.4 Å². The van der Waals surface area contributed by atoms with Crippen molar-refractivity contribution in [3.8, 4) is 11.8 Å². The van der Waals surface area contributed by atoms with Crippen molar-refractivity contribution in [3.63, 3.8) is 0 Å². The normalized spacial score (nSPS) is 19.3. The van der Waals surface area contributed by atoms with Gasteiger partial charge in [-0.05, 0) is 6.92 Å². The Morgan fingerprint density at radius 1 is 1.38 bits per heavy atom. The van der Waals surface area contributed by atoms with E-state index in [9.17, 15) is 9.18 Å². The zero-order valence-electron chi connectivity index (χ0n) is 16.6. The first kappa shape index (κ1) is 21.3. The average Bonchev–Trinajstić information content (AvgIpc) is 3.17. The van der Waals surface area contributed by atoms with E-state index < -0.39 is 5.95 Å². The summed E-state index contributed by atoms with van der Waals surface area (Å²) in [4.78, 5) is 25.7. The second-order valence-corrected chi connectivity index (χ2v) is 7.79. The number of methoxy groups -OCH3 is 1. The van der Waals surface area contributed by atoms with Gasteiger partial charge in [0.25, 0.3) is 0 Å². The summed E-state index contributed by atoms with van der Waals surface area (Å²) in [6, 6.07) is 1.84. The monoisotopic (exact) mass is 425 g/mol. The van der Waals surface area contributed by atoms with E-state index in [1.54, 1.807) is 13.2 Å². The van der Waals surface area contributed by atoms with Gasteiger partial charge in [-0.25, -0.2) is 9.97 Å². The number of amides is 1. The van der Waals surface area contributed by atoms with Crippen LogP contribution in [0.25, 0.3) is 0 Å². The lowest BCUT2D eigenvalue weighted by Crippen LogP contribution is -2.28. The molecule has 1 unspecified atom stereocenters. The highest BCUT2D eigenvalue weighted by molar-refractivity contribution is 7.15. The Morgan fingerprint density at radius 2 is 2.17 bits per heavy atom. The number of hydrogen-bond acceptors (Lipinski definition) is 9. The lowest BCUT2D eigenvalue weighted by Gasteiger charge is -2.19. The van der Waals surface area contributed by atoms with Gasteiger partial charge in [-0.15, -0.1) is 0 Å². The molecule has 3 heterocycles. The highest BCUT2D eigenvalue weighted by atomic mass is 32.1. The van der Waals surface area contributed by atoms with E-state index in [0.717, 1.165) is 17.8 Å². The van der Waals surface area contributed by atoms with Gasteiger partial charge in [0.05, 0.1) is 17.6 Å². The molecule has 0 saturated carbocycles. The molecule has 29 heavy (non-hydrogen) atoms. The van der Waals surface area contributed by atoms with E-state index in [2.05, 4.69) is 32.1 Å². The molecule has 1 aliphatic rings. The number of rotatable bonds is 9. The number of anilines is 1. The van der Waals surface area contributed by atoms with Crippen LogP contribution in [0.1, 0.15) is 25.1 Å². The van der Waals surface area contributed by atoms with E-state index in [1.165, 1.54) is 13.3 Å². The molecule has 2 atom stereocenters. The Bertz CT molecular complexity index is 836. The Labute approximate surface area is 172 Å². The molecule has 0 bridgehead atoms. The van der Waals surface area contributed by atoms with Crippen LogP contribution in [0.2, 0.25) is 0 Å². The zero-order valence-corrected chi connectivity index (χ0v) is 17.4. The molecule has 3 rings (SSSR count). The minimum Gasteiger partial charge on any atom is -0.475 e. The molecule has 1 fully saturated rings. The first-order valence-corrected chi connectivity index (χ1v) is 10.0. The van der Waals surface area contributed by atoms with Crippen LogP contribution < -0.4 is 14.8 Å². The number of nitrogens with one attached hydrogen (secondary N) is 1. The lowest BCUT2D eigenvalue weighted by atomic mass is 10.2. The average molecular weight is 425 g/mol. The molecular formula is C18H24FN5O4S. The van der Waals surface area contributed by atoms with Crippen molar-refractivity contribution in [1.29, 1.82) is 0 Å². The van der Waals surface area contributed by atoms with E-state index in [4.69, 9.17) is 14.2 Å². The summed E-state index contributed by atoms with van der Waals surface area (Å²) >= 11 is 1.15. The number of thiazole rings is 1. The zero-order chi connectivity index (χ0) is 20.8. The number of nitrogens with zero attached hydrogens (tertiary/aromatic N) is 4. The molecule has 1 N–H and O–H groups in total. The molecule has 2 aromatic heterocycles. The Kier molecular flexibility index (Phi) is 7.29. The van der Waals surface area contributed by atoms with Gasteiger partial charge in [-0.1, -0.05) is 11.3 Å². The van der Waals surface area contributed by atoms with E-state index >= 15 is 0 Å². The molecule has 158 valence electrons. The predicted octanol–water partition coefficient (Wildman–Crippen LogP) is 2.10. The van der Waals surface area contributed by atoms with Gasteiger partial charge >= 0.3 is 0 Å². The number of hydrogen-bond donors (Lipinski definition) is 1. The van der Waals surface area contributed by atoms with Crippen LogP contribution in [0.4, 0.5) is 9.52 Å². The largest absolute Gasteiger partial charge is 0.475 e. The number of likely N-dealkylation sites (tertiary alicyclic amines) is 1. The van der Waals surface area contributed by atoms with Crippen molar-refractivity contribution in [3.05, 3.63) is 23.2 Å². The topological polar surface area (TPSA) is 98.7 Å². The second-order valence-electron chi connectivity index (χ2n) is 6.70. The Morgan fingerprint density at radius 3 is 2.93 bits per heavy atom. The summed E-state index contributed by atoms with van der Waals surface area (Å²) in [5, 5.41) is 2.79. The number of ether oxygens (including phenoxy) is 3. The van der Waals surface area contributed by atoms with Crippen molar-refractivity contribution in [2.24, 2.45) is 0 Å². The molecule has 9 nitrogen and oxygen atoms in total.